The number of hydrogen-bond donors (Lipinski definition) is 1. The topological polar surface area (TPSA) is 12.0 Å². The van der Waals surface area contributed by atoms with Crippen LogP contribution in [0.5, 0.6) is 0 Å². The molecule has 1 nitrogen and oxygen atoms in total. The average Bonchev–Trinajstić information content (AvgIpc) is 2.27. The van der Waals surface area contributed by atoms with Crippen molar-refractivity contribution in [2.24, 2.45) is 0 Å². The van der Waals surface area contributed by atoms with Crippen LogP contribution >= 0.6 is 0 Å². The molecule has 0 radical (unpaired) electrons. The van der Waals surface area contributed by atoms with Crippen LogP contribution in [0.25, 0.3) is 0 Å². The molecule has 0 saturated heterocycles. The Bertz CT molecular complexity index is 263. The largest absolute Gasteiger partial charge is 0.314 e. The lowest BCUT2D eigenvalue weighted by Crippen LogP contribution is -2.31. The Kier molecular flexibility index (Phi) is 5.41. The Balaban J connectivity index is 2.47. The summed E-state index contributed by atoms with van der Waals surface area (Å²) in [5.74, 6) is 0. The second kappa shape index (κ2) is 6.62. The summed E-state index contributed by atoms with van der Waals surface area (Å²) in [7, 11) is 0. The Morgan fingerprint density at radius 3 is 2.33 bits per heavy atom. The van der Waals surface area contributed by atoms with E-state index in [1.54, 1.807) is 0 Å². The summed E-state index contributed by atoms with van der Waals surface area (Å²) in [6, 6.07) is 9.51. The summed E-state index contributed by atoms with van der Waals surface area (Å²) in [5.41, 5.74) is 2.78. The number of nitrogens with one attached hydrogen (secondary N) is 1. The van der Waals surface area contributed by atoms with Gasteiger partial charge in [-0.3, -0.25) is 0 Å². The molecule has 0 heterocycles. The molecule has 1 rings (SSSR count). The van der Waals surface area contributed by atoms with Crippen molar-refractivity contribution in [1.82, 2.24) is 5.32 Å². The molecule has 0 bridgehead atoms. The number of benzene rings is 1. The summed E-state index contributed by atoms with van der Waals surface area (Å²) in [4.78, 5) is 0. The highest BCUT2D eigenvalue weighted by Gasteiger charge is 2.05. The first-order valence-corrected chi connectivity index (χ1v) is 6.05. The van der Waals surface area contributed by atoms with Gasteiger partial charge in [0.2, 0.25) is 0 Å². The smallest absolute Gasteiger partial charge is 0.0105 e. The van der Waals surface area contributed by atoms with E-state index in [2.05, 4.69) is 50.4 Å². The quantitative estimate of drug-likeness (QED) is 0.751. The normalized spacial score (nSPS) is 12.7. The fourth-order valence-corrected chi connectivity index (χ4v) is 1.72. The van der Waals surface area contributed by atoms with E-state index in [4.69, 9.17) is 0 Å². The molecule has 0 amide bonds. The first-order valence-electron chi connectivity index (χ1n) is 6.05. The van der Waals surface area contributed by atoms with Crippen LogP contribution < -0.4 is 5.32 Å². The zero-order valence-electron chi connectivity index (χ0n) is 10.2. The Morgan fingerprint density at radius 2 is 1.80 bits per heavy atom. The molecule has 0 aromatic heterocycles. The fourth-order valence-electron chi connectivity index (χ4n) is 1.72. The van der Waals surface area contributed by atoms with E-state index in [-0.39, 0.29) is 0 Å². The monoisotopic (exact) mass is 205 g/mol. The second-order valence-electron chi connectivity index (χ2n) is 4.25. The molecule has 1 heteroatoms. The molecule has 1 N–H and O–H groups in total. The van der Waals surface area contributed by atoms with E-state index in [9.17, 15) is 0 Å². The summed E-state index contributed by atoms with van der Waals surface area (Å²) in [6.45, 7) is 7.73. The standard InChI is InChI=1S/C14H23N/c1-4-10-15-14(5-2)11-13-8-6-12(3)7-9-13/h6-9,14-15H,4-5,10-11H2,1-3H3. The molecule has 0 aliphatic heterocycles. The molecule has 1 atom stereocenters. The molecule has 1 aromatic carbocycles. The van der Waals surface area contributed by atoms with Gasteiger partial charge in [-0.15, -0.1) is 0 Å². The third-order valence-electron chi connectivity index (χ3n) is 2.78. The molecule has 0 spiro atoms. The predicted molar refractivity (Wildman–Crippen MR) is 67.3 cm³/mol. The van der Waals surface area contributed by atoms with Gasteiger partial charge in [0.25, 0.3) is 0 Å². The van der Waals surface area contributed by atoms with Crippen LogP contribution in [-0.4, -0.2) is 12.6 Å². The molecular formula is C14H23N. The summed E-state index contributed by atoms with van der Waals surface area (Å²) in [5, 5.41) is 3.58. The van der Waals surface area contributed by atoms with E-state index >= 15 is 0 Å². The number of hydrogen-bond acceptors (Lipinski definition) is 1. The van der Waals surface area contributed by atoms with Gasteiger partial charge in [-0.25, -0.2) is 0 Å². The minimum Gasteiger partial charge on any atom is -0.314 e. The maximum atomic E-state index is 3.58. The Labute approximate surface area is 93.9 Å². The van der Waals surface area contributed by atoms with E-state index in [1.807, 2.05) is 0 Å². The van der Waals surface area contributed by atoms with Crippen LogP contribution in [-0.2, 0) is 6.42 Å². The summed E-state index contributed by atoms with van der Waals surface area (Å²) in [6.07, 6.45) is 3.56. The molecule has 0 fully saturated rings. The molecule has 1 aromatic rings. The van der Waals surface area contributed by atoms with Crippen LogP contribution in [0.15, 0.2) is 24.3 Å². The van der Waals surface area contributed by atoms with Gasteiger partial charge in [-0.05, 0) is 38.3 Å². The lowest BCUT2D eigenvalue weighted by molar-refractivity contribution is 0.494. The summed E-state index contributed by atoms with van der Waals surface area (Å²) < 4.78 is 0. The van der Waals surface area contributed by atoms with Gasteiger partial charge in [0.15, 0.2) is 0 Å². The highest BCUT2D eigenvalue weighted by atomic mass is 14.9. The number of rotatable bonds is 6. The van der Waals surface area contributed by atoms with Gasteiger partial charge < -0.3 is 5.32 Å². The first-order chi connectivity index (χ1) is 7.26. The molecule has 0 aliphatic rings. The third kappa shape index (κ3) is 4.48. The van der Waals surface area contributed by atoms with E-state index in [0.29, 0.717) is 6.04 Å². The van der Waals surface area contributed by atoms with Crippen LogP contribution in [0.4, 0.5) is 0 Å². The van der Waals surface area contributed by atoms with E-state index in [1.165, 1.54) is 24.0 Å². The van der Waals surface area contributed by atoms with Gasteiger partial charge in [0, 0.05) is 6.04 Å². The minimum atomic E-state index is 0.632. The van der Waals surface area contributed by atoms with Crippen molar-refractivity contribution in [1.29, 1.82) is 0 Å². The molecule has 1 unspecified atom stereocenters. The van der Waals surface area contributed by atoms with Crippen LogP contribution in [0.1, 0.15) is 37.8 Å². The molecular weight excluding hydrogens is 182 g/mol. The predicted octanol–water partition coefficient (Wildman–Crippen LogP) is 3.32. The van der Waals surface area contributed by atoms with Crippen LogP contribution in [0.3, 0.4) is 0 Å². The van der Waals surface area contributed by atoms with Gasteiger partial charge in [-0.1, -0.05) is 43.7 Å². The van der Waals surface area contributed by atoms with Crippen LogP contribution in [0.2, 0.25) is 0 Å². The van der Waals surface area contributed by atoms with E-state index in [0.717, 1.165) is 13.0 Å². The molecule has 0 aliphatic carbocycles. The molecule has 0 saturated carbocycles. The minimum absolute atomic E-state index is 0.632. The number of aryl methyl sites for hydroxylation is 1. The highest BCUT2D eigenvalue weighted by molar-refractivity contribution is 5.22. The zero-order chi connectivity index (χ0) is 11.1. The van der Waals surface area contributed by atoms with Gasteiger partial charge in [-0.2, -0.15) is 0 Å². The Hall–Kier alpha value is -0.820. The van der Waals surface area contributed by atoms with Crippen molar-refractivity contribution in [2.75, 3.05) is 6.54 Å². The first kappa shape index (κ1) is 12.3. The lowest BCUT2D eigenvalue weighted by atomic mass is 10.0. The van der Waals surface area contributed by atoms with E-state index < -0.39 is 0 Å². The highest BCUT2D eigenvalue weighted by Crippen LogP contribution is 2.07. The van der Waals surface area contributed by atoms with Gasteiger partial charge in [0.1, 0.15) is 0 Å². The molecule has 84 valence electrons. The van der Waals surface area contributed by atoms with Crippen molar-refractivity contribution in [2.45, 2.75) is 46.1 Å². The fraction of sp³-hybridized carbons (Fsp3) is 0.571. The van der Waals surface area contributed by atoms with Crippen molar-refractivity contribution in [3.63, 3.8) is 0 Å². The van der Waals surface area contributed by atoms with Crippen molar-refractivity contribution < 1.29 is 0 Å². The van der Waals surface area contributed by atoms with Crippen molar-refractivity contribution >= 4 is 0 Å². The third-order valence-corrected chi connectivity index (χ3v) is 2.78. The Morgan fingerprint density at radius 1 is 1.13 bits per heavy atom. The lowest BCUT2D eigenvalue weighted by Gasteiger charge is -2.16. The maximum Gasteiger partial charge on any atom is 0.0105 e. The zero-order valence-corrected chi connectivity index (χ0v) is 10.2. The van der Waals surface area contributed by atoms with Crippen LogP contribution in [0, 0.1) is 6.92 Å². The van der Waals surface area contributed by atoms with Gasteiger partial charge in [0.05, 0.1) is 0 Å². The maximum absolute atomic E-state index is 3.58. The molecule has 15 heavy (non-hydrogen) atoms. The van der Waals surface area contributed by atoms with Crippen molar-refractivity contribution in [3.05, 3.63) is 35.4 Å². The second-order valence-corrected chi connectivity index (χ2v) is 4.25. The van der Waals surface area contributed by atoms with Gasteiger partial charge >= 0.3 is 0 Å². The SMILES string of the molecule is CCCNC(CC)Cc1ccc(C)cc1. The van der Waals surface area contributed by atoms with Crippen molar-refractivity contribution in [3.8, 4) is 0 Å². The average molecular weight is 205 g/mol. The summed E-state index contributed by atoms with van der Waals surface area (Å²) >= 11 is 0.